The molecule has 0 aliphatic carbocycles. The van der Waals surface area contributed by atoms with Crippen LogP contribution in [-0.2, 0) is 12.0 Å². The molecule has 1 atom stereocenters. The molecule has 4 rings (SSSR count). The first-order valence-electron chi connectivity index (χ1n) is 9.38. The van der Waals surface area contributed by atoms with Gasteiger partial charge in [-0.3, -0.25) is 9.78 Å². The maximum absolute atomic E-state index is 12.8. The molecule has 0 saturated carbocycles. The number of anilines is 1. The van der Waals surface area contributed by atoms with Gasteiger partial charge in [-0.05, 0) is 51.3 Å². The van der Waals surface area contributed by atoms with E-state index in [4.69, 9.17) is 0 Å². The highest BCUT2D eigenvalue weighted by molar-refractivity contribution is 7.11. The van der Waals surface area contributed by atoms with Crippen LogP contribution in [0.15, 0.2) is 36.9 Å². The average Bonchev–Trinajstić information content (AvgIpc) is 3.29. The van der Waals surface area contributed by atoms with Gasteiger partial charge in [0.1, 0.15) is 16.4 Å². The zero-order valence-corrected chi connectivity index (χ0v) is 17.1. The molecule has 0 spiro atoms. The molecule has 0 aromatic carbocycles. The second-order valence-corrected chi connectivity index (χ2v) is 8.97. The summed E-state index contributed by atoms with van der Waals surface area (Å²) in [6, 6.07) is 3.98. The van der Waals surface area contributed by atoms with E-state index >= 15 is 0 Å². The highest BCUT2D eigenvalue weighted by atomic mass is 32.1. The van der Waals surface area contributed by atoms with Crippen LogP contribution in [0.5, 0.6) is 0 Å². The summed E-state index contributed by atoms with van der Waals surface area (Å²) in [6.07, 6.45) is 8.69. The van der Waals surface area contributed by atoms with Crippen molar-refractivity contribution >= 4 is 23.1 Å². The lowest BCUT2D eigenvalue weighted by Crippen LogP contribution is -2.38. The van der Waals surface area contributed by atoms with Gasteiger partial charge in [0, 0.05) is 30.0 Å². The molecule has 146 valence electrons. The third kappa shape index (κ3) is 3.64. The monoisotopic (exact) mass is 396 g/mol. The molecule has 0 bridgehead atoms. The molecule has 28 heavy (non-hydrogen) atoms. The van der Waals surface area contributed by atoms with Crippen LogP contribution in [0, 0.1) is 6.92 Å². The molecular formula is C20H24N6OS. The van der Waals surface area contributed by atoms with Crippen molar-refractivity contribution in [3.05, 3.63) is 57.9 Å². The van der Waals surface area contributed by atoms with Crippen LogP contribution in [0.3, 0.4) is 0 Å². The van der Waals surface area contributed by atoms with E-state index in [2.05, 4.69) is 46.5 Å². The van der Waals surface area contributed by atoms with E-state index in [0.717, 1.165) is 29.2 Å². The van der Waals surface area contributed by atoms with Gasteiger partial charge in [-0.2, -0.15) is 5.10 Å². The largest absolute Gasteiger partial charge is 0.360 e. The van der Waals surface area contributed by atoms with Crippen molar-refractivity contribution in [1.82, 2.24) is 25.1 Å². The number of aryl methyl sites for hydroxylation is 1. The Kier molecular flexibility index (Phi) is 4.89. The number of nitrogens with zero attached hydrogens (tertiary/aromatic N) is 4. The standard InChI is InChI=1S/C20H24N6OS/c1-13-11-23-19(28-13)16-10-20(2,3)26-17(25-16)15(12-24-26)18(27)22-9-6-14-4-7-21-8-5-14/h4-5,7-8,11-12,16,25H,6,9-10H2,1-3H3,(H,22,27). The number of carbonyl (C=O) groups is 1. The smallest absolute Gasteiger partial charge is 0.256 e. The number of rotatable bonds is 5. The molecular weight excluding hydrogens is 372 g/mol. The first-order valence-corrected chi connectivity index (χ1v) is 10.2. The molecule has 0 saturated heterocycles. The van der Waals surface area contributed by atoms with Gasteiger partial charge in [0.25, 0.3) is 5.91 Å². The number of fused-ring (bicyclic) bond motifs is 1. The van der Waals surface area contributed by atoms with Crippen molar-refractivity contribution in [3.8, 4) is 0 Å². The van der Waals surface area contributed by atoms with Gasteiger partial charge in [-0.1, -0.05) is 0 Å². The second kappa shape index (κ2) is 7.35. The number of hydrogen-bond donors (Lipinski definition) is 2. The molecule has 3 aromatic rings. The van der Waals surface area contributed by atoms with E-state index in [9.17, 15) is 4.79 Å². The summed E-state index contributed by atoms with van der Waals surface area (Å²) < 4.78 is 1.92. The SMILES string of the molecule is Cc1cnc(C2CC(C)(C)n3ncc(C(=O)NCCc4ccncc4)c3N2)s1. The van der Waals surface area contributed by atoms with Gasteiger partial charge in [0.2, 0.25) is 0 Å². The van der Waals surface area contributed by atoms with E-state index in [1.54, 1.807) is 29.9 Å². The maximum Gasteiger partial charge on any atom is 0.256 e. The number of carbonyl (C=O) groups excluding carboxylic acids is 1. The average molecular weight is 397 g/mol. The van der Waals surface area contributed by atoms with E-state index in [0.29, 0.717) is 12.1 Å². The summed E-state index contributed by atoms with van der Waals surface area (Å²) in [4.78, 5) is 22.5. The summed E-state index contributed by atoms with van der Waals surface area (Å²) in [5, 5.41) is 12.0. The maximum atomic E-state index is 12.8. The van der Waals surface area contributed by atoms with Crippen LogP contribution >= 0.6 is 11.3 Å². The molecule has 1 unspecified atom stereocenters. The first-order chi connectivity index (χ1) is 13.4. The van der Waals surface area contributed by atoms with E-state index in [1.807, 2.05) is 23.0 Å². The Balaban J connectivity index is 1.51. The molecule has 7 nitrogen and oxygen atoms in total. The van der Waals surface area contributed by atoms with Crippen LogP contribution in [0.1, 0.15) is 52.1 Å². The van der Waals surface area contributed by atoms with Crippen molar-refractivity contribution in [3.63, 3.8) is 0 Å². The van der Waals surface area contributed by atoms with Crippen LogP contribution in [-0.4, -0.2) is 32.2 Å². The third-order valence-corrected chi connectivity index (χ3v) is 6.01. The molecule has 0 radical (unpaired) electrons. The van der Waals surface area contributed by atoms with E-state index in [-0.39, 0.29) is 17.5 Å². The Morgan fingerprint density at radius 2 is 2.14 bits per heavy atom. The van der Waals surface area contributed by atoms with Crippen molar-refractivity contribution in [2.24, 2.45) is 0 Å². The van der Waals surface area contributed by atoms with Gasteiger partial charge >= 0.3 is 0 Å². The van der Waals surface area contributed by atoms with Gasteiger partial charge in [-0.15, -0.1) is 11.3 Å². The quantitative estimate of drug-likeness (QED) is 0.691. The van der Waals surface area contributed by atoms with Crippen molar-refractivity contribution in [2.75, 3.05) is 11.9 Å². The summed E-state index contributed by atoms with van der Waals surface area (Å²) in [5.41, 5.74) is 1.51. The van der Waals surface area contributed by atoms with Crippen LogP contribution in [0.25, 0.3) is 0 Å². The fraction of sp³-hybridized carbons (Fsp3) is 0.400. The Morgan fingerprint density at radius 3 is 2.86 bits per heavy atom. The highest BCUT2D eigenvalue weighted by Crippen LogP contribution is 2.40. The third-order valence-electron chi connectivity index (χ3n) is 4.99. The minimum absolute atomic E-state index is 0.0706. The van der Waals surface area contributed by atoms with Crippen LogP contribution < -0.4 is 10.6 Å². The fourth-order valence-corrected chi connectivity index (χ4v) is 4.39. The number of amides is 1. The lowest BCUT2D eigenvalue weighted by molar-refractivity contribution is 0.0954. The Morgan fingerprint density at radius 1 is 1.36 bits per heavy atom. The molecule has 8 heteroatoms. The van der Waals surface area contributed by atoms with Gasteiger partial charge in [-0.25, -0.2) is 9.67 Å². The van der Waals surface area contributed by atoms with E-state index < -0.39 is 0 Å². The van der Waals surface area contributed by atoms with E-state index in [1.165, 1.54) is 4.88 Å². The molecule has 3 aromatic heterocycles. The summed E-state index contributed by atoms with van der Waals surface area (Å²) in [5.74, 6) is 0.644. The predicted molar refractivity (Wildman–Crippen MR) is 110 cm³/mol. The zero-order chi connectivity index (χ0) is 19.7. The molecule has 2 N–H and O–H groups in total. The molecule has 1 amide bonds. The predicted octanol–water partition coefficient (Wildman–Crippen LogP) is 3.31. The molecule has 1 aliphatic rings. The van der Waals surface area contributed by atoms with Crippen LogP contribution in [0.4, 0.5) is 5.82 Å². The number of aromatic nitrogens is 4. The highest BCUT2D eigenvalue weighted by Gasteiger charge is 2.37. The summed E-state index contributed by atoms with van der Waals surface area (Å²) in [6.45, 7) is 6.90. The number of hydrogen-bond acceptors (Lipinski definition) is 6. The van der Waals surface area contributed by atoms with Gasteiger partial charge in [0.05, 0.1) is 17.8 Å². The number of pyridine rings is 1. The molecule has 0 fully saturated rings. The topological polar surface area (TPSA) is 84.7 Å². The zero-order valence-electron chi connectivity index (χ0n) is 16.3. The Hall–Kier alpha value is -2.74. The van der Waals surface area contributed by atoms with Gasteiger partial charge < -0.3 is 10.6 Å². The first kappa shape index (κ1) is 18.6. The molecule has 1 aliphatic heterocycles. The molecule has 4 heterocycles. The number of thiazole rings is 1. The lowest BCUT2D eigenvalue weighted by Gasteiger charge is -2.37. The fourth-order valence-electron chi connectivity index (χ4n) is 3.56. The van der Waals surface area contributed by atoms with Gasteiger partial charge in [0.15, 0.2) is 0 Å². The summed E-state index contributed by atoms with van der Waals surface area (Å²) >= 11 is 1.69. The number of nitrogens with one attached hydrogen (secondary N) is 2. The minimum atomic E-state index is -0.208. The Bertz CT molecular complexity index is 978. The van der Waals surface area contributed by atoms with Crippen molar-refractivity contribution < 1.29 is 4.79 Å². The van der Waals surface area contributed by atoms with Crippen molar-refractivity contribution in [2.45, 2.75) is 45.2 Å². The summed E-state index contributed by atoms with van der Waals surface area (Å²) in [7, 11) is 0. The lowest BCUT2D eigenvalue weighted by atomic mass is 9.93. The van der Waals surface area contributed by atoms with Crippen molar-refractivity contribution in [1.29, 1.82) is 0 Å². The van der Waals surface area contributed by atoms with Crippen LogP contribution in [0.2, 0.25) is 0 Å². The minimum Gasteiger partial charge on any atom is -0.360 e. The second-order valence-electron chi connectivity index (χ2n) is 7.70. The normalized spacial score (nSPS) is 17.6. The Labute approximate surface area is 168 Å².